The molecule has 0 radical (unpaired) electrons. The molecule has 1 fully saturated rings. The first-order valence-corrected chi connectivity index (χ1v) is 10.8. The highest BCUT2D eigenvalue weighted by Gasteiger charge is 2.34. The van der Waals surface area contributed by atoms with E-state index in [9.17, 15) is 14.0 Å². The largest absolute Gasteiger partial charge is 0.487 e. The maximum absolute atomic E-state index is 13.4. The zero-order valence-electron chi connectivity index (χ0n) is 17.9. The molecule has 6 nitrogen and oxygen atoms in total. The fourth-order valence-electron chi connectivity index (χ4n) is 4.20. The number of hydrogen-bond acceptors (Lipinski definition) is 3. The van der Waals surface area contributed by atoms with Gasteiger partial charge in [0.05, 0.1) is 18.2 Å². The first kappa shape index (κ1) is 21.2. The number of rotatable bonds is 3. The predicted molar refractivity (Wildman–Crippen MR) is 117 cm³/mol. The summed E-state index contributed by atoms with van der Waals surface area (Å²) in [4.78, 5) is 29.6. The van der Waals surface area contributed by atoms with Crippen molar-refractivity contribution in [2.24, 2.45) is 5.92 Å². The fourth-order valence-corrected chi connectivity index (χ4v) is 4.20. The van der Waals surface area contributed by atoms with Crippen LogP contribution in [-0.4, -0.2) is 42.6 Å². The van der Waals surface area contributed by atoms with Gasteiger partial charge in [0.15, 0.2) is 0 Å². The lowest BCUT2D eigenvalue weighted by Gasteiger charge is -2.39. The summed E-state index contributed by atoms with van der Waals surface area (Å²) in [6.45, 7) is 5.78. The Morgan fingerprint density at radius 1 is 1.16 bits per heavy atom. The molecule has 2 unspecified atom stereocenters. The summed E-state index contributed by atoms with van der Waals surface area (Å²) in [6.07, 6.45) is 1.42. The van der Waals surface area contributed by atoms with Crippen molar-refractivity contribution in [2.45, 2.75) is 39.3 Å². The SMILES string of the molecule is Cc1ccc2c(c1)N(C(=O)N1CCCC(C(=O)NCc3ccc(F)cc3)C1)CC(C)O2. The molecule has 0 spiro atoms. The van der Waals surface area contributed by atoms with Crippen molar-refractivity contribution in [3.63, 3.8) is 0 Å². The molecule has 31 heavy (non-hydrogen) atoms. The molecule has 2 aliphatic heterocycles. The number of fused-ring (bicyclic) bond motifs is 1. The Labute approximate surface area is 182 Å². The smallest absolute Gasteiger partial charge is 0.324 e. The summed E-state index contributed by atoms with van der Waals surface area (Å²) >= 11 is 0. The molecule has 4 rings (SSSR count). The minimum absolute atomic E-state index is 0.0755. The van der Waals surface area contributed by atoms with Gasteiger partial charge in [-0.15, -0.1) is 0 Å². The van der Waals surface area contributed by atoms with Crippen LogP contribution in [0.2, 0.25) is 0 Å². The van der Waals surface area contributed by atoms with Gasteiger partial charge in [0.25, 0.3) is 0 Å². The Balaban J connectivity index is 1.41. The maximum atomic E-state index is 13.4. The van der Waals surface area contributed by atoms with Gasteiger partial charge in [-0.05, 0) is 62.1 Å². The summed E-state index contributed by atoms with van der Waals surface area (Å²) in [5.74, 6) is 0.0796. The predicted octanol–water partition coefficient (Wildman–Crippen LogP) is 3.87. The first-order valence-electron chi connectivity index (χ1n) is 10.8. The number of ether oxygens (including phenoxy) is 1. The third kappa shape index (κ3) is 4.81. The van der Waals surface area contributed by atoms with E-state index in [1.807, 2.05) is 32.0 Å². The molecule has 0 bridgehead atoms. The number of urea groups is 1. The van der Waals surface area contributed by atoms with Crippen LogP contribution in [0, 0.1) is 18.7 Å². The Morgan fingerprint density at radius 2 is 1.94 bits per heavy atom. The summed E-state index contributed by atoms with van der Waals surface area (Å²) in [5.41, 5.74) is 2.69. The van der Waals surface area contributed by atoms with Gasteiger partial charge in [-0.1, -0.05) is 18.2 Å². The normalized spacial score (nSPS) is 20.6. The van der Waals surface area contributed by atoms with Crippen LogP contribution in [-0.2, 0) is 11.3 Å². The number of piperidine rings is 1. The van der Waals surface area contributed by atoms with Crippen LogP contribution in [0.15, 0.2) is 42.5 Å². The monoisotopic (exact) mass is 425 g/mol. The van der Waals surface area contributed by atoms with Crippen LogP contribution in [0.1, 0.15) is 30.9 Å². The van der Waals surface area contributed by atoms with Crippen molar-refractivity contribution in [1.29, 1.82) is 0 Å². The van der Waals surface area contributed by atoms with Gasteiger partial charge in [0, 0.05) is 19.6 Å². The molecule has 1 N–H and O–H groups in total. The first-order chi connectivity index (χ1) is 14.9. The number of likely N-dealkylation sites (tertiary alicyclic amines) is 1. The van der Waals surface area contributed by atoms with E-state index in [1.54, 1.807) is 21.9 Å². The molecule has 2 aromatic carbocycles. The van der Waals surface area contributed by atoms with Crippen molar-refractivity contribution in [1.82, 2.24) is 10.2 Å². The average molecular weight is 426 g/mol. The Kier molecular flexibility index (Phi) is 6.11. The van der Waals surface area contributed by atoms with E-state index in [0.29, 0.717) is 31.9 Å². The number of anilines is 1. The third-order valence-corrected chi connectivity index (χ3v) is 5.85. The molecule has 3 amide bonds. The number of nitrogens with one attached hydrogen (secondary N) is 1. The van der Waals surface area contributed by atoms with Crippen LogP contribution in [0.4, 0.5) is 14.9 Å². The Bertz CT molecular complexity index is 963. The van der Waals surface area contributed by atoms with Gasteiger partial charge in [0.1, 0.15) is 17.7 Å². The van der Waals surface area contributed by atoms with E-state index in [1.165, 1.54) is 12.1 Å². The van der Waals surface area contributed by atoms with Crippen LogP contribution in [0.5, 0.6) is 5.75 Å². The second-order valence-corrected chi connectivity index (χ2v) is 8.42. The molecular formula is C24H28FN3O3. The molecule has 2 heterocycles. The lowest BCUT2D eigenvalue weighted by Crippen LogP contribution is -2.53. The molecule has 2 aliphatic rings. The van der Waals surface area contributed by atoms with Crippen molar-refractivity contribution in [3.8, 4) is 5.75 Å². The molecule has 0 saturated carbocycles. The molecule has 0 aliphatic carbocycles. The highest BCUT2D eigenvalue weighted by Crippen LogP contribution is 2.35. The van der Waals surface area contributed by atoms with Gasteiger partial charge >= 0.3 is 6.03 Å². The molecular weight excluding hydrogens is 397 g/mol. The van der Waals surface area contributed by atoms with E-state index in [2.05, 4.69) is 5.32 Å². The van der Waals surface area contributed by atoms with E-state index < -0.39 is 0 Å². The lowest BCUT2D eigenvalue weighted by atomic mass is 9.97. The van der Waals surface area contributed by atoms with Gasteiger partial charge in [-0.25, -0.2) is 9.18 Å². The zero-order chi connectivity index (χ0) is 22.0. The second kappa shape index (κ2) is 8.96. The second-order valence-electron chi connectivity index (χ2n) is 8.42. The zero-order valence-corrected chi connectivity index (χ0v) is 17.9. The standard InChI is InChI=1S/C24H28FN3O3/c1-16-5-10-22-21(12-16)28(14-17(2)31-22)24(30)27-11-3-4-19(15-27)23(29)26-13-18-6-8-20(25)9-7-18/h5-10,12,17,19H,3-4,11,13-15H2,1-2H3,(H,26,29). The lowest BCUT2D eigenvalue weighted by molar-refractivity contribution is -0.126. The van der Waals surface area contributed by atoms with E-state index in [0.717, 1.165) is 29.7 Å². The average Bonchev–Trinajstić information content (AvgIpc) is 2.78. The third-order valence-electron chi connectivity index (χ3n) is 5.85. The number of carbonyl (C=O) groups is 2. The number of amides is 3. The summed E-state index contributed by atoms with van der Waals surface area (Å²) < 4.78 is 18.9. The summed E-state index contributed by atoms with van der Waals surface area (Å²) in [5, 5.41) is 2.92. The van der Waals surface area contributed by atoms with E-state index in [-0.39, 0.29) is 29.8 Å². The minimum atomic E-state index is -0.300. The topological polar surface area (TPSA) is 61.9 Å². The highest BCUT2D eigenvalue weighted by molar-refractivity contribution is 5.94. The van der Waals surface area contributed by atoms with Crippen LogP contribution < -0.4 is 15.0 Å². The Hall–Kier alpha value is -3.09. The van der Waals surface area contributed by atoms with E-state index in [4.69, 9.17) is 4.74 Å². The van der Waals surface area contributed by atoms with Gasteiger partial charge in [-0.2, -0.15) is 0 Å². The van der Waals surface area contributed by atoms with Gasteiger partial charge in [0.2, 0.25) is 5.91 Å². The molecule has 7 heteroatoms. The fraction of sp³-hybridized carbons (Fsp3) is 0.417. The number of benzene rings is 2. The number of hydrogen-bond donors (Lipinski definition) is 1. The summed E-state index contributed by atoms with van der Waals surface area (Å²) in [7, 11) is 0. The summed E-state index contributed by atoms with van der Waals surface area (Å²) in [6, 6.07) is 11.8. The number of carbonyl (C=O) groups excluding carboxylic acids is 2. The number of nitrogens with zero attached hydrogens (tertiary/aromatic N) is 2. The van der Waals surface area contributed by atoms with Crippen LogP contribution in [0.3, 0.4) is 0 Å². The molecule has 0 aromatic heterocycles. The van der Waals surface area contributed by atoms with Crippen molar-refractivity contribution < 1.29 is 18.7 Å². The van der Waals surface area contributed by atoms with Crippen LogP contribution >= 0.6 is 0 Å². The van der Waals surface area contributed by atoms with Gasteiger partial charge < -0.3 is 15.0 Å². The van der Waals surface area contributed by atoms with E-state index >= 15 is 0 Å². The number of halogens is 1. The molecule has 164 valence electrons. The van der Waals surface area contributed by atoms with Crippen LogP contribution in [0.25, 0.3) is 0 Å². The molecule has 2 aromatic rings. The minimum Gasteiger partial charge on any atom is -0.487 e. The molecule has 2 atom stereocenters. The quantitative estimate of drug-likeness (QED) is 0.812. The number of aryl methyl sites for hydroxylation is 1. The van der Waals surface area contributed by atoms with Crippen molar-refractivity contribution in [2.75, 3.05) is 24.5 Å². The van der Waals surface area contributed by atoms with Gasteiger partial charge in [-0.3, -0.25) is 9.69 Å². The molecule has 1 saturated heterocycles. The Morgan fingerprint density at radius 3 is 2.71 bits per heavy atom. The van der Waals surface area contributed by atoms with Crippen molar-refractivity contribution >= 4 is 17.6 Å². The highest BCUT2D eigenvalue weighted by atomic mass is 19.1. The van der Waals surface area contributed by atoms with Crippen molar-refractivity contribution in [3.05, 3.63) is 59.4 Å². The maximum Gasteiger partial charge on any atom is 0.324 e.